The summed E-state index contributed by atoms with van der Waals surface area (Å²) < 4.78 is 0. The number of likely N-dealkylation sites (N-methyl/N-ethyl adjacent to an activating group) is 1. The molecule has 1 atom stereocenters. The van der Waals surface area contributed by atoms with Crippen LogP contribution in [0.25, 0.3) is 0 Å². The van der Waals surface area contributed by atoms with E-state index in [1.807, 2.05) is 4.90 Å². The molecule has 114 valence electrons. The summed E-state index contributed by atoms with van der Waals surface area (Å²) in [6.07, 6.45) is 2.49. The summed E-state index contributed by atoms with van der Waals surface area (Å²) in [7, 11) is 3.59. The first-order valence-electron chi connectivity index (χ1n) is 7.53. The lowest BCUT2D eigenvalue weighted by Gasteiger charge is -2.29. The molecule has 20 heavy (non-hydrogen) atoms. The monoisotopic (exact) mass is 282 g/mol. The van der Waals surface area contributed by atoms with Gasteiger partial charge in [-0.15, -0.1) is 0 Å². The summed E-state index contributed by atoms with van der Waals surface area (Å²) >= 11 is 0. The molecule has 0 aromatic heterocycles. The predicted octanol–water partition coefficient (Wildman–Crippen LogP) is -0.639. The summed E-state index contributed by atoms with van der Waals surface area (Å²) in [5, 5.41) is 3.25. The molecule has 2 saturated heterocycles. The van der Waals surface area contributed by atoms with Crippen molar-refractivity contribution in [3.8, 4) is 0 Å². The van der Waals surface area contributed by atoms with Crippen molar-refractivity contribution < 1.29 is 9.59 Å². The molecule has 2 aliphatic rings. The molecule has 0 bridgehead atoms. The maximum atomic E-state index is 12.1. The van der Waals surface area contributed by atoms with Crippen molar-refractivity contribution in [3.63, 3.8) is 0 Å². The number of nitrogens with one attached hydrogen (secondary N) is 1. The molecule has 0 aromatic carbocycles. The summed E-state index contributed by atoms with van der Waals surface area (Å²) in [5.41, 5.74) is 0. The van der Waals surface area contributed by atoms with Gasteiger partial charge in [-0.25, -0.2) is 0 Å². The lowest BCUT2D eigenvalue weighted by Crippen LogP contribution is -2.48. The van der Waals surface area contributed by atoms with Crippen LogP contribution in [0.5, 0.6) is 0 Å². The van der Waals surface area contributed by atoms with Crippen molar-refractivity contribution in [2.24, 2.45) is 0 Å². The molecule has 2 aliphatic heterocycles. The van der Waals surface area contributed by atoms with Gasteiger partial charge in [0.05, 0.1) is 6.04 Å². The van der Waals surface area contributed by atoms with Gasteiger partial charge in [-0.3, -0.25) is 14.5 Å². The third-order valence-electron chi connectivity index (χ3n) is 4.17. The van der Waals surface area contributed by atoms with Gasteiger partial charge in [-0.1, -0.05) is 0 Å². The zero-order chi connectivity index (χ0) is 14.5. The Morgan fingerprint density at radius 1 is 1.20 bits per heavy atom. The van der Waals surface area contributed by atoms with Crippen molar-refractivity contribution in [1.82, 2.24) is 20.0 Å². The summed E-state index contributed by atoms with van der Waals surface area (Å²) in [6, 6.07) is -0.0270. The second-order valence-corrected chi connectivity index (χ2v) is 5.81. The van der Waals surface area contributed by atoms with Gasteiger partial charge in [-0.05, 0) is 19.4 Å². The molecule has 0 saturated carbocycles. The number of amides is 2. The van der Waals surface area contributed by atoms with E-state index in [0.29, 0.717) is 13.0 Å². The van der Waals surface area contributed by atoms with Crippen LogP contribution in [0.4, 0.5) is 0 Å². The first-order chi connectivity index (χ1) is 9.59. The highest BCUT2D eigenvalue weighted by molar-refractivity contribution is 5.82. The van der Waals surface area contributed by atoms with Gasteiger partial charge in [0.25, 0.3) is 0 Å². The minimum Gasteiger partial charge on any atom is -0.347 e. The largest absolute Gasteiger partial charge is 0.347 e. The summed E-state index contributed by atoms with van der Waals surface area (Å²) in [6.45, 7) is 5.01. The maximum absolute atomic E-state index is 12.1. The van der Waals surface area contributed by atoms with E-state index >= 15 is 0 Å². The molecule has 0 spiro atoms. The number of hydrogen-bond acceptors (Lipinski definition) is 4. The zero-order valence-corrected chi connectivity index (χ0v) is 12.6. The zero-order valence-electron chi connectivity index (χ0n) is 12.6. The molecule has 2 rings (SSSR count). The van der Waals surface area contributed by atoms with E-state index < -0.39 is 0 Å². The smallest absolute Gasteiger partial charge is 0.239 e. The average Bonchev–Trinajstić information content (AvgIpc) is 2.93. The first-order valence-corrected chi connectivity index (χ1v) is 7.53. The quantitative estimate of drug-likeness (QED) is 0.745. The molecule has 2 heterocycles. The van der Waals surface area contributed by atoms with Crippen LogP contribution in [0, 0.1) is 0 Å². The summed E-state index contributed by atoms with van der Waals surface area (Å²) in [4.78, 5) is 30.0. The topological polar surface area (TPSA) is 55.9 Å². The van der Waals surface area contributed by atoms with Gasteiger partial charge in [0.1, 0.15) is 0 Å². The maximum Gasteiger partial charge on any atom is 0.239 e. The molecule has 6 nitrogen and oxygen atoms in total. The number of carbonyl (C=O) groups is 2. The Morgan fingerprint density at radius 2 is 1.90 bits per heavy atom. The number of hydrogen-bond donors (Lipinski definition) is 1. The van der Waals surface area contributed by atoms with Crippen LogP contribution in [-0.4, -0.2) is 85.9 Å². The highest BCUT2D eigenvalue weighted by Crippen LogP contribution is 2.19. The average molecular weight is 282 g/mol. The van der Waals surface area contributed by atoms with Crippen LogP contribution in [-0.2, 0) is 9.59 Å². The van der Waals surface area contributed by atoms with Crippen LogP contribution in [0.2, 0.25) is 0 Å². The van der Waals surface area contributed by atoms with E-state index in [-0.39, 0.29) is 17.9 Å². The Bertz CT molecular complexity index is 353. The standard InChI is InChI=1S/C14H26N4O2/c1-16(2)14(20)12-4-3-8-17(12)9-5-13(19)18-10-6-15-7-11-18/h12,15H,3-11H2,1-2H3. The Morgan fingerprint density at radius 3 is 2.55 bits per heavy atom. The number of carbonyl (C=O) groups excluding carboxylic acids is 2. The molecule has 1 unspecified atom stereocenters. The van der Waals surface area contributed by atoms with Gasteiger partial charge in [0.15, 0.2) is 0 Å². The molecular weight excluding hydrogens is 256 g/mol. The van der Waals surface area contributed by atoms with Crippen LogP contribution in [0.1, 0.15) is 19.3 Å². The molecule has 2 fully saturated rings. The number of likely N-dealkylation sites (tertiary alicyclic amines) is 1. The fourth-order valence-electron chi connectivity index (χ4n) is 2.98. The minimum atomic E-state index is -0.0270. The SMILES string of the molecule is CN(C)C(=O)C1CCCN1CCC(=O)N1CCNCC1. The molecule has 0 radical (unpaired) electrons. The van der Waals surface area contributed by atoms with E-state index in [0.717, 1.165) is 45.6 Å². The van der Waals surface area contributed by atoms with Crippen LogP contribution in [0.3, 0.4) is 0 Å². The first kappa shape index (κ1) is 15.3. The third-order valence-corrected chi connectivity index (χ3v) is 4.17. The van der Waals surface area contributed by atoms with Crippen LogP contribution in [0.15, 0.2) is 0 Å². The van der Waals surface area contributed by atoms with E-state index in [1.54, 1.807) is 19.0 Å². The van der Waals surface area contributed by atoms with Gasteiger partial charge < -0.3 is 15.1 Å². The van der Waals surface area contributed by atoms with Crippen molar-refractivity contribution in [3.05, 3.63) is 0 Å². The van der Waals surface area contributed by atoms with Crippen LogP contribution < -0.4 is 5.32 Å². The van der Waals surface area contributed by atoms with E-state index in [9.17, 15) is 9.59 Å². The number of piperazine rings is 1. The summed E-state index contributed by atoms with van der Waals surface area (Å²) in [5.74, 6) is 0.381. The highest BCUT2D eigenvalue weighted by atomic mass is 16.2. The van der Waals surface area contributed by atoms with Gasteiger partial charge in [-0.2, -0.15) is 0 Å². The van der Waals surface area contributed by atoms with E-state index in [2.05, 4.69) is 10.2 Å². The molecular formula is C14H26N4O2. The van der Waals surface area contributed by atoms with E-state index in [4.69, 9.17) is 0 Å². The Labute approximate surface area is 121 Å². The lowest BCUT2D eigenvalue weighted by atomic mass is 10.2. The Hall–Kier alpha value is -1.14. The predicted molar refractivity (Wildman–Crippen MR) is 77.4 cm³/mol. The Balaban J connectivity index is 1.80. The molecule has 0 aliphatic carbocycles. The van der Waals surface area contributed by atoms with E-state index in [1.165, 1.54) is 0 Å². The fourth-order valence-corrected chi connectivity index (χ4v) is 2.98. The van der Waals surface area contributed by atoms with Crippen molar-refractivity contribution >= 4 is 11.8 Å². The van der Waals surface area contributed by atoms with Crippen molar-refractivity contribution in [1.29, 1.82) is 0 Å². The van der Waals surface area contributed by atoms with Crippen molar-refractivity contribution in [2.75, 3.05) is 53.4 Å². The molecule has 0 aromatic rings. The van der Waals surface area contributed by atoms with Gasteiger partial charge in [0, 0.05) is 53.2 Å². The lowest BCUT2D eigenvalue weighted by molar-refractivity contribution is -0.135. The highest BCUT2D eigenvalue weighted by Gasteiger charge is 2.31. The number of nitrogens with zero attached hydrogens (tertiary/aromatic N) is 3. The van der Waals surface area contributed by atoms with Gasteiger partial charge in [0.2, 0.25) is 11.8 Å². The molecule has 6 heteroatoms. The van der Waals surface area contributed by atoms with Crippen LogP contribution >= 0.6 is 0 Å². The Kier molecular flexibility index (Phi) is 5.37. The normalized spacial score (nSPS) is 23.9. The number of rotatable bonds is 4. The minimum absolute atomic E-state index is 0.0270. The molecule has 2 amide bonds. The van der Waals surface area contributed by atoms with Crippen molar-refractivity contribution in [2.45, 2.75) is 25.3 Å². The third kappa shape index (κ3) is 3.70. The molecule has 1 N–H and O–H groups in total. The second-order valence-electron chi connectivity index (χ2n) is 5.81. The fraction of sp³-hybridized carbons (Fsp3) is 0.857. The second kappa shape index (κ2) is 7.04. The van der Waals surface area contributed by atoms with Gasteiger partial charge >= 0.3 is 0 Å².